The standard InChI is InChI=1S/C19H24F2N4O4/c1-11(2)10-25-16(22)15(17(26)23-19(25)28)24(7-4-8-29-3)18(27)13-9-12(20)5-6-14(13)21/h5-6,9,11H,4,7-8,10,22H2,1-3H3,(H,23,26,28). The Morgan fingerprint density at radius 1 is 1.31 bits per heavy atom. The van der Waals surface area contributed by atoms with Crippen molar-refractivity contribution in [2.24, 2.45) is 5.92 Å². The van der Waals surface area contributed by atoms with Gasteiger partial charge in [0, 0.05) is 26.8 Å². The molecule has 0 fully saturated rings. The number of hydrogen-bond acceptors (Lipinski definition) is 5. The lowest BCUT2D eigenvalue weighted by atomic mass is 10.1. The molecule has 0 unspecified atom stereocenters. The Morgan fingerprint density at radius 3 is 2.62 bits per heavy atom. The zero-order chi connectivity index (χ0) is 21.7. The fourth-order valence-electron chi connectivity index (χ4n) is 2.87. The number of nitrogens with zero attached hydrogens (tertiary/aromatic N) is 2. The van der Waals surface area contributed by atoms with Gasteiger partial charge in [-0.05, 0) is 30.5 Å². The molecule has 0 saturated heterocycles. The number of ether oxygens (including phenoxy) is 1. The largest absolute Gasteiger partial charge is 0.385 e. The van der Waals surface area contributed by atoms with Crippen molar-refractivity contribution in [3.05, 3.63) is 56.2 Å². The summed E-state index contributed by atoms with van der Waals surface area (Å²) in [5.74, 6) is -2.91. The fraction of sp³-hybridized carbons (Fsp3) is 0.421. The Hall–Kier alpha value is -3.01. The average molecular weight is 410 g/mol. The third kappa shape index (κ3) is 5.08. The minimum absolute atomic E-state index is 0.0204. The van der Waals surface area contributed by atoms with Gasteiger partial charge in [-0.15, -0.1) is 0 Å². The van der Waals surface area contributed by atoms with E-state index in [1.807, 2.05) is 13.8 Å². The van der Waals surface area contributed by atoms with Gasteiger partial charge in [0.15, 0.2) is 5.69 Å². The van der Waals surface area contributed by atoms with E-state index in [-0.39, 0.29) is 37.1 Å². The second kappa shape index (κ2) is 9.46. The molecule has 8 nitrogen and oxygen atoms in total. The van der Waals surface area contributed by atoms with Crippen LogP contribution in [-0.4, -0.2) is 35.7 Å². The van der Waals surface area contributed by atoms with Crippen molar-refractivity contribution in [1.29, 1.82) is 0 Å². The zero-order valence-corrected chi connectivity index (χ0v) is 16.5. The van der Waals surface area contributed by atoms with E-state index >= 15 is 0 Å². The Kier molecular flexibility index (Phi) is 7.27. The number of aromatic nitrogens is 2. The van der Waals surface area contributed by atoms with Gasteiger partial charge >= 0.3 is 5.69 Å². The minimum atomic E-state index is -0.954. The molecule has 2 aromatic rings. The van der Waals surface area contributed by atoms with Crippen LogP contribution in [0.2, 0.25) is 0 Å². The number of nitrogens with two attached hydrogens (primary N) is 1. The summed E-state index contributed by atoms with van der Waals surface area (Å²) in [6, 6.07) is 2.45. The molecule has 0 aliphatic rings. The van der Waals surface area contributed by atoms with E-state index < -0.39 is 34.4 Å². The first-order valence-corrected chi connectivity index (χ1v) is 9.05. The van der Waals surface area contributed by atoms with Crippen LogP contribution in [0.5, 0.6) is 0 Å². The highest BCUT2D eigenvalue weighted by Gasteiger charge is 2.27. The monoisotopic (exact) mass is 410 g/mol. The molecule has 0 atom stereocenters. The van der Waals surface area contributed by atoms with E-state index in [0.717, 1.165) is 27.7 Å². The molecule has 2 rings (SSSR count). The number of hydrogen-bond donors (Lipinski definition) is 2. The molecule has 1 amide bonds. The summed E-state index contributed by atoms with van der Waals surface area (Å²) in [5.41, 5.74) is 3.61. The fourth-order valence-corrected chi connectivity index (χ4v) is 2.87. The normalized spacial score (nSPS) is 11.1. The summed E-state index contributed by atoms with van der Waals surface area (Å²) in [6.45, 7) is 4.08. The lowest BCUT2D eigenvalue weighted by molar-refractivity contribution is 0.0979. The minimum Gasteiger partial charge on any atom is -0.385 e. The molecule has 1 heterocycles. The number of anilines is 2. The Balaban J connectivity index is 2.64. The topological polar surface area (TPSA) is 110 Å². The Labute approximate surface area is 165 Å². The van der Waals surface area contributed by atoms with Crippen molar-refractivity contribution in [3.8, 4) is 0 Å². The average Bonchev–Trinajstić information content (AvgIpc) is 2.65. The number of nitrogen functional groups attached to an aromatic ring is 1. The summed E-state index contributed by atoms with van der Waals surface area (Å²) >= 11 is 0. The van der Waals surface area contributed by atoms with Gasteiger partial charge in [0.1, 0.15) is 17.5 Å². The summed E-state index contributed by atoms with van der Waals surface area (Å²) in [7, 11) is 1.46. The second-order valence-corrected chi connectivity index (χ2v) is 6.92. The molecule has 29 heavy (non-hydrogen) atoms. The third-order valence-electron chi connectivity index (χ3n) is 4.17. The van der Waals surface area contributed by atoms with Gasteiger partial charge in [-0.25, -0.2) is 13.6 Å². The summed E-state index contributed by atoms with van der Waals surface area (Å²) < 4.78 is 33.9. The predicted molar refractivity (Wildman–Crippen MR) is 105 cm³/mol. The number of aromatic amines is 1. The summed E-state index contributed by atoms with van der Waals surface area (Å²) in [6.07, 6.45) is 0.293. The Morgan fingerprint density at radius 2 is 2.00 bits per heavy atom. The van der Waals surface area contributed by atoms with Crippen LogP contribution in [0.15, 0.2) is 27.8 Å². The van der Waals surface area contributed by atoms with Crippen LogP contribution in [0.3, 0.4) is 0 Å². The molecule has 1 aromatic heterocycles. The van der Waals surface area contributed by atoms with Crippen LogP contribution in [0.1, 0.15) is 30.6 Å². The van der Waals surface area contributed by atoms with Crippen molar-refractivity contribution >= 4 is 17.4 Å². The SMILES string of the molecule is COCCCN(C(=O)c1cc(F)ccc1F)c1c(N)n(CC(C)C)c(=O)[nH]c1=O. The first kappa shape index (κ1) is 22.3. The summed E-state index contributed by atoms with van der Waals surface area (Å²) in [4.78, 5) is 40.8. The molecule has 1 aromatic carbocycles. The molecule has 0 spiro atoms. The van der Waals surface area contributed by atoms with Gasteiger partial charge in [0.05, 0.1) is 5.56 Å². The van der Waals surface area contributed by atoms with Gasteiger partial charge in [-0.2, -0.15) is 0 Å². The van der Waals surface area contributed by atoms with Crippen molar-refractivity contribution < 1.29 is 18.3 Å². The van der Waals surface area contributed by atoms with Gasteiger partial charge in [0.25, 0.3) is 11.5 Å². The van der Waals surface area contributed by atoms with Crippen LogP contribution in [0.25, 0.3) is 0 Å². The van der Waals surface area contributed by atoms with Gasteiger partial charge in [-0.1, -0.05) is 13.8 Å². The van der Waals surface area contributed by atoms with E-state index in [1.165, 1.54) is 7.11 Å². The van der Waals surface area contributed by atoms with Crippen LogP contribution in [0, 0.1) is 17.6 Å². The number of nitrogens with one attached hydrogen (secondary N) is 1. The number of halogens is 2. The first-order chi connectivity index (χ1) is 13.7. The number of H-pyrrole nitrogens is 1. The molecule has 158 valence electrons. The molecule has 0 aliphatic carbocycles. The molecule has 3 N–H and O–H groups in total. The third-order valence-corrected chi connectivity index (χ3v) is 4.17. The van der Waals surface area contributed by atoms with E-state index in [1.54, 1.807) is 0 Å². The van der Waals surface area contributed by atoms with E-state index in [2.05, 4.69) is 4.98 Å². The van der Waals surface area contributed by atoms with Crippen LogP contribution < -0.4 is 21.9 Å². The highest BCUT2D eigenvalue weighted by atomic mass is 19.1. The molecular weight excluding hydrogens is 386 g/mol. The number of carbonyl (C=O) groups is 1. The molecular formula is C19H24F2N4O4. The van der Waals surface area contributed by atoms with Crippen LogP contribution >= 0.6 is 0 Å². The van der Waals surface area contributed by atoms with Crippen molar-refractivity contribution in [2.75, 3.05) is 30.9 Å². The maximum atomic E-state index is 14.2. The smallest absolute Gasteiger partial charge is 0.330 e. The maximum absolute atomic E-state index is 14.2. The van der Waals surface area contributed by atoms with Crippen molar-refractivity contribution in [1.82, 2.24) is 9.55 Å². The van der Waals surface area contributed by atoms with Gasteiger partial charge in [-0.3, -0.25) is 19.1 Å². The molecule has 10 heteroatoms. The van der Waals surface area contributed by atoms with Gasteiger partial charge in [0.2, 0.25) is 0 Å². The number of benzene rings is 1. The van der Waals surface area contributed by atoms with Crippen molar-refractivity contribution in [2.45, 2.75) is 26.8 Å². The lowest BCUT2D eigenvalue weighted by Gasteiger charge is -2.25. The molecule has 0 aliphatic heterocycles. The molecule has 0 radical (unpaired) electrons. The highest BCUT2D eigenvalue weighted by molar-refractivity contribution is 6.07. The van der Waals surface area contributed by atoms with Crippen LogP contribution in [0.4, 0.5) is 20.3 Å². The number of amides is 1. The number of methoxy groups -OCH3 is 1. The maximum Gasteiger partial charge on any atom is 0.330 e. The summed E-state index contributed by atoms with van der Waals surface area (Å²) in [5, 5.41) is 0. The predicted octanol–water partition coefficient (Wildman–Crippen LogP) is 1.74. The van der Waals surface area contributed by atoms with E-state index in [0.29, 0.717) is 6.42 Å². The number of carbonyl (C=O) groups excluding carboxylic acids is 1. The van der Waals surface area contributed by atoms with Crippen molar-refractivity contribution in [3.63, 3.8) is 0 Å². The molecule has 0 saturated carbocycles. The molecule has 0 bridgehead atoms. The highest BCUT2D eigenvalue weighted by Crippen LogP contribution is 2.22. The zero-order valence-electron chi connectivity index (χ0n) is 16.5. The van der Waals surface area contributed by atoms with Crippen LogP contribution in [-0.2, 0) is 11.3 Å². The van der Waals surface area contributed by atoms with E-state index in [4.69, 9.17) is 10.5 Å². The lowest BCUT2D eigenvalue weighted by Crippen LogP contribution is -2.42. The van der Waals surface area contributed by atoms with E-state index in [9.17, 15) is 23.2 Å². The number of rotatable bonds is 8. The van der Waals surface area contributed by atoms with Gasteiger partial charge < -0.3 is 15.4 Å². The Bertz CT molecular complexity index is 1000. The second-order valence-electron chi connectivity index (χ2n) is 6.92. The quantitative estimate of drug-likeness (QED) is 0.644. The first-order valence-electron chi connectivity index (χ1n) is 9.05.